The van der Waals surface area contributed by atoms with Gasteiger partial charge in [-0.25, -0.2) is 9.07 Å². The van der Waals surface area contributed by atoms with Gasteiger partial charge in [0, 0.05) is 6.54 Å². The van der Waals surface area contributed by atoms with E-state index >= 15 is 0 Å². The molecular weight excluding hydrogens is 359 g/mol. The van der Waals surface area contributed by atoms with Crippen LogP contribution in [0.2, 0.25) is 0 Å². The highest BCUT2D eigenvalue weighted by molar-refractivity contribution is 5.93. The molecule has 3 rings (SSSR count). The van der Waals surface area contributed by atoms with Gasteiger partial charge in [-0.2, -0.15) is 0 Å². The van der Waals surface area contributed by atoms with Crippen molar-refractivity contribution in [1.29, 1.82) is 0 Å². The first-order valence-corrected chi connectivity index (χ1v) is 9.17. The molecule has 2 aromatic carbocycles. The first-order valence-electron chi connectivity index (χ1n) is 9.17. The fourth-order valence-corrected chi connectivity index (χ4v) is 2.88. The number of aliphatic hydroxyl groups excluding tert-OH is 1. The molecule has 2 N–H and O–H groups in total. The summed E-state index contributed by atoms with van der Waals surface area (Å²) in [5.41, 5.74) is 3.57. The van der Waals surface area contributed by atoms with Crippen LogP contribution in [0.5, 0.6) is 0 Å². The maximum Gasteiger partial charge on any atom is 0.273 e. The van der Waals surface area contributed by atoms with Crippen molar-refractivity contribution in [3.8, 4) is 0 Å². The number of aromatic nitrogens is 3. The van der Waals surface area contributed by atoms with E-state index < -0.39 is 17.8 Å². The molecule has 0 aliphatic rings. The zero-order chi connectivity index (χ0) is 20.1. The summed E-state index contributed by atoms with van der Waals surface area (Å²) in [6.45, 7) is 4.35. The van der Waals surface area contributed by atoms with Crippen molar-refractivity contribution >= 4 is 5.91 Å². The van der Waals surface area contributed by atoms with Crippen LogP contribution in [0, 0.1) is 12.7 Å². The summed E-state index contributed by atoms with van der Waals surface area (Å²) < 4.78 is 14.9. The first-order chi connectivity index (χ1) is 13.5. The maximum atomic E-state index is 13.2. The number of nitrogens with one attached hydrogen (secondary N) is 1. The quantitative estimate of drug-likeness (QED) is 0.659. The number of aryl methyl sites for hydroxylation is 1. The predicted octanol–water partition coefficient (Wildman–Crippen LogP) is 2.80. The second-order valence-electron chi connectivity index (χ2n) is 6.63. The lowest BCUT2D eigenvalue weighted by atomic mass is 10.1. The van der Waals surface area contributed by atoms with Crippen molar-refractivity contribution in [3.05, 3.63) is 82.4 Å². The lowest BCUT2D eigenvalue weighted by Gasteiger charge is -2.12. The molecule has 3 aromatic rings. The number of carbonyl (C=O) groups excluding carboxylic acids is 1. The molecule has 0 aliphatic heterocycles. The lowest BCUT2D eigenvalue weighted by Crippen LogP contribution is -2.29. The molecule has 1 amide bonds. The molecule has 1 atom stereocenters. The van der Waals surface area contributed by atoms with Crippen LogP contribution in [0.3, 0.4) is 0 Å². The number of nitrogens with zero attached hydrogens (tertiary/aromatic N) is 3. The zero-order valence-corrected chi connectivity index (χ0v) is 15.9. The van der Waals surface area contributed by atoms with Crippen LogP contribution in [-0.2, 0) is 13.0 Å². The first kappa shape index (κ1) is 19.7. The van der Waals surface area contributed by atoms with Gasteiger partial charge in [0.2, 0.25) is 0 Å². The number of halogens is 1. The fraction of sp³-hybridized carbons (Fsp3) is 0.286. The molecule has 0 saturated heterocycles. The second-order valence-corrected chi connectivity index (χ2v) is 6.63. The van der Waals surface area contributed by atoms with Gasteiger partial charge in [0.1, 0.15) is 5.82 Å². The molecule has 0 saturated carbocycles. The van der Waals surface area contributed by atoms with Crippen molar-refractivity contribution in [2.24, 2.45) is 0 Å². The molecular formula is C21H23FN4O2. The predicted molar refractivity (Wildman–Crippen MR) is 103 cm³/mol. The number of aliphatic hydroxyl groups is 1. The molecule has 1 unspecified atom stereocenters. The van der Waals surface area contributed by atoms with Gasteiger partial charge in [-0.3, -0.25) is 4.79 Å². The third-order valence-electron chi connectivity index (χ3n) is 4.65. The Hall–Kier alpha value is -3.06. The van der Waals surface area contributed by atoms with Crippen molar-refractivity contribution in [2.75, 3.05) is 6.54 Å². The average molecular weight is 382 g/mol. The van der Waals surface area contributed by atoms with Crippen LogP contribution in [0.15, 0.2) is 48.5 Å². The Morgan fingerprint density at radius 1 is 1.21 bits per heavy atom. The van der Waals surface area contributed by atoms with Crippen LogP contribution in [-0.4, -0.2) is 32.6 Å². The molecule has 0 aliphatic carbocycles. The molecule has 0 fully saturated rings. The summed E-state index contributed by atoms with van der Waals surface area (Å²) in [5.74, 6) is -0.867. The van der Waals surface area contributed by atoms with Crippen molar-refractivity contribution in [3.63, 3.8) is 0 Å². The van der Waals surface area contributed by atoms with Gasteiger partial charge in [0.15, 0.2) is 5.69 Å². The van der Waals surface area contributed by atoms with Gasteiger partial charge in [-0.1, -0.05) is 48.5 Å². The van der Waals surface area contributed by atoms with Crippen LogP contribution < -0.4 is 5.32 Å². The minimum atomic E-state index is -1.01. The molecule has 1 heterocycles. The Labute approximate surface area is 163 Å². The second kappa shape index (κ2) is 8.75. The molecule has 0 radical (unpaired) electrons. The SMILES string of the molecule is CCc1ccc(Cn2nnc(C(=O)NCC(O)c3cccc(F)c3)c2C)cc1. The summed E-state index contributed by atoms with van der Waals surface area (Å²) in [6.07, 6.45) is -0.0268. The Morgan fingerprint density at radius 3 is 2.61 bits per heavy atom. The van der Waals surface area contributed by atoms with E-state index in [4.69, 9.17) is 0 Å². The maximum absolute atomic E-state index is 13.2. The zero-order valence-electron chi connectivity index (χ0n) is 15.9. The normalized spacial score (nSPS) is 12.0. The Morgan fingerprint density at radius 2 is 1.93 bits per heavy atom. The monoisotopic (exact) mass is 382 g/mol. The van der Waals surface area contributed by atoms with Crippen molar-refractivity contribution in [1.82, 2.24) is 20.3 Å². The van der Waals surface area contributed by atoms with Crippen molar-refractivity contribution in [2.45, 2.75) is 32.9 Å². The largest absolute Gasteiger partial charge is 0.387 e. The molecule has 0 bridgehead atoms. The van der Waals surface area contributed by atoms with E-state index in [1.54, 1.807) is 17.7 Å². The number of hydrogen-bond donors (Lipinski definition) is 2. The van der Waals surface area contributed by atoms with Crippen LogP contribution in [0.4, 0.5) is 4.39 Å². The van der Waals surface area contributed by atoms with Crippen LogP contribution >= 0.6 is 0 Å². The third kappa shape index (κ3) is 4.61. The number of benzene rings is 2. The fourth-order valence-electron chi connectivity index (χ4n) is 2.88. The summed E-state index contributed by atoms with van der Waals surface area (Å²) in [5, 5.41) is 20.8. The van der Waals surface area contributed by atoms with E-state index in [-0.39, 0.29) is 12.2 Å². The van der Waals surface area contributed by atoms with E-state index in [1.807, 2.05) is 12.1 Å². The number of hydrogen-bond acceptors (Lipinski definition) is 4. The highest BCUT2D eigenvalue weighted by Crippen LogP contribution is 2.14. The van der Waals surface area contributed by atoms with E-state index in [9.17, 15) is 14.3 Å². The Bertz CT molecular complexity index is 953. The van der Waals surface area contributed by atoms with E-state index in [0.29, 0.717) is 17.8 Å². The minimum absolute atomic E-state index is 0.0485. The molecule has 7 heteroatoms. The topological polar surface area (TPSA) is 80.0 Å². The number of rotatable bonds is 7. The minimum Gasteiger partial charge on any atom is -0.387 e. The molecule has 28 heavy (non-hydrogen) atoms. The highest BCUT2D eigenvalue weighted by Gasteiger charge is 2.18. The van der Waals surface area contributed by atoms with E-state index in [1.165, 1.54) is 23.8 Å². The highest BCUT2D eigenvalue weighted by atomic mass is 19.1. The number of amides is 1. The van der Waals surface area contributed by atoms with Gasteiger partial charge < -0.3 is 10.4 Å². The van der Waals surface area contributed by atoms with Gasteiger partial charge in [-0.05, 0) is 42.2 Å². The van der Waals surface area contributed by atoms with Crippen molar-refractivity contribution < 1.29 is 14.3 Å². The molecule has 1 aromatic heterocycles. The standard InChI is InChI=1S/C21H23FN4O2/c1-3-15-7-9-16(10-8-15)13-26-14(2)20(24-25-26)21(28)23-12-19(27)17-5-4-6-18(22)11-17/h4-11,19,27H,3,12-13H2,1-2H3,(H,23,28). The smallest absolute Gasteiger partial charge is 0.273 e. The van der Waals surface area contributed by atoms with Gasteiger partial charge >= 0.3 is 0 Å². The summed E-state index contributed by atoms with van der Waals surface area (Å²) >= 11 is 0. The van der Waals surface area contributed by atoms with E-state index in [0.717, 1.165) is 12.0 Å². The van der Waals surface area contributed by atoms with Gasteiger partial charge in [0.25, 0.3) is 5.91 Å². The summed E-state index contributed by atoms with van der Waals surface area (Å²) in [7, 11) is 0. The Kier molecular flexibility index (Phi) is 6.16. The number of carbonyl (C=O) groups is 1. The van der Waals surface area contributed by atoms with Crippen LogP contribution in [0.1, 0.15) is 45.9 Å². The van der Waals surface area contributed by atoms with E-state index in [2.05, 4.69) is 34.7 Å². The van der Waals surface area contributed by atoms with Gasteiger partial charge in [0.05, 0.1) is 18.3 Å². The van der Waals surface area contributed by atoms with Crippen LogP contribution in [0.25, 0.3) is 0 Å². The molecule has 146 valence electrons. The molecule has 0 spiro atoms. The summed E-state index contributed by atoms with van der Waals surface area (Å²) in [4.78, 5) is 12.4. The lowest BCUT2D eigenvalue weighted by molar-refractivity contribution is 0.0910. The third-order valence-corrected chi connectivity index (χ3v) is 4.65. The Balaban J connectivity index is 1.62. The van der Waals surface area contributed by atoms with Gasteiger partial charge in [-0.15, -0.1) is 5.10 Å². The average Bonchev–Trinajstić information content (AvgIpc) is 3.06. The summed E-state index contributed by atoms with van der Waals surface area (Å²) in [6, 6.07) is 13.9. The molecule has 6 nitrogen and oxygen atoms in total.